The second-order valence-corrected chi connectivity index (χ2v) is 5.13. The van der Waals surface area contributed by atoms with Crippen LogP contribution in [0.25, 0.3) is 11.5 Å². The van der Waals surface area contributed by atoms with Gasteiger partial charge in [-0.05, 0) is 32.0 Å². The number of halogens is 1. The van der Waals surface area contributed by atoms with Gasteiger partial charge in [-0.1, -0.05) is 11.2 Å². The molecule has 0 amide bonds. The number of hydrogen-bond donors (Lipinski definition) is 2. The first-order valence-corrected chi connectivity index (χ1v) is 7.06. The first-order valence-electron chi connectivity index (χ1n) is 7.06. The Bertz CT molecular complexity index is 790. The van der Waals surface area contributed by atoms with Crippen molar-refractivity contribution in [1.29, 1.82) is 0 Å². The fraction of sp³-hybridized carbons (Fsp3) is 0.200. The average molecular weight is 314 g/mol. The highest BCUT2D eigenvalue weighted by Crippen LogP contribution is 2.19. The quantitative estimate of drug-likeness (QED) is 0.747. The summed E-state index contributed by atoms with van der Waals surface area (Å²) in [6.07, 6.45) is 1.44. The lowest BCUT2D eigenvalue weighted by Gasteiger charge is -2.11. The van der Waals surface area contributed by atoms with Gasteiger partial charge in [0.1, 0.15) is 12.1 Å². The van der Waals surface area contributed by atoms with Crippen LogP contribution in [0.1, 0.15) is 13.8 Å². The summed E-state index contributed by atoms with van der Waals surface area (Å²) in [7, 11) is 0. The number of aromatic nitrogens is 4. The first-order chi connectivity index (χ1) is 11.1. The molecule has 3 aromatic rings. The molecule has 0 aliphatic heterocycles. The zero-order chi connectivity index (χ0) is 16.2. The van der Waals surface area contributed by atoms with E-state index in [4.69, 9.17) is 4.52 Å². The molecule has 23 heavy (non-hydrogen) atoms. The summed E-state index contributed by atoms with van der Waals surface area (Å²) in [6, 6.07) is 7.84. The number of nitrogens with one attached hydrogen (secondary N) is 2. The van der Waals surface area contributed by atoms with E-state index in [1.54, 1.807) is 18.2 Å². The molecule has 0 bridgehead atoms. The fourth-order valence-corrected chi connectivity index (χ4v) is 1.89. The van der Waals surface area contributed by atoms with Crippen molar-refractivity contribution in [2.45, 2.75) is 19.9 Å². The van der Waals surface area contributed by atoms with Crippen molar-refractivity contribution in [1.82, 2.24) is 20.1 Å². The molecule has 0 fully saturated rings. The van der Waals surface area contributed by atoms with Crippen LogP contribution in [-0.2, 0) is 0 Å². The molecular weight excluding hydrogens is 299 g/mol. The van der Waals surface area contributed by atoms with Gasteiger partial charge >= 0.3 is 0 Å². The molecule has 1 aromatic carbocycles. The molecule has 118 valence electrons. The van der Waals surface area contributed by atoms with Crippen molar-refractivity contribution in [3.63, 3.8) is 0 Å². The van der Waals surface area contributed by atoms with E-state index in [9.17, 15) is 4.39 Å². The minimum absolute atomic E-state index is 0.143. The monoisotopic (exact) mass is 314 g/mol. The molecule has 2 aromatic heterocycles. The van der Waals surface area contributed by atoms with E-state index in [2.05, 4.69) is 30.7 Å². The molecule has 0 radical (unpaired) electrons. The van der Waals surface area contributed by atoms with Crippen LogP contribution < -0.4 is 10.6 Å². The van der Waals surface area contributed by atoms with Crippen molar-refractivity contribution in [2.75, 3.05) is 10.6 Å². The van der Waals surface area contributed by atoms with Crippen molar-refractivity contribution in [3.8, 4) is 11.5 Å². The Morgan fingerprint density at radius 1 is 1.09 bits per heavy atom. The predicted molar refractivity (Wildman–Crippen MR) is 83.8 cm³/mol. The maximum Gasteiger partial charge on any atom is 0.232 e. The highest BCUT2D eigenvalue weighted by molar-refractivity contribution is 5.58. The third-order valence-electron chi connectivity index (χ3n) is 2.80. The Morgan fingerprint density at radius 3 is 2.61 bits per heavy atom. The fourth-order valence-electron chi connectivity index (χ4n) is 1.89. The molecule has 0 aliphatic carbocycles. The number of anilines is 3. The number of hydrogen-bond acceptors (Lipinski definition) is 7. The van der Waals surface area contributed by atoms with Gasteiger partial charge in [0.25, 0.3) is 0 Å². The van der Waals surface area contributed by atoms with Gasteiger partial charge in [-0.2, -0.15) is 15.0 Å². The highest BCUT2D eigenvalue weighted by atomic mass is 19.1. The minimum atomic E-state index is -0.346. The summed E-state index contributed by atoms with van der Waals surface area (Å²) >= 11 is 0. The van der Waals surface area contributed by atoms with Crippen molar-refractivity contribution in [3.05, 3.63) is 42.4 Å². The second kappa shape index (κ2) is 6.39. The van der Waals surface area contributed by atoms with Gasteiger partial charge in [0.05, 0.1) is 0 Å². The largest absolute Gasteiger partial charge is 0.364 e. The summed E-state index contributed by atoms with van der Waals surface area (Å²) in [5.74, 6) is 0.691. The highest BCUT2D eigenvalue weighted by Gasteiger charge is 2.12. The van der Waals surface area contributed by atoms with Gasteiger partial charge < -0.3 is 15.2 Å². The molecule has 2 N–H and O–H groups in total. The molecular formula is C15H15FN6O. The molecule has 0 spiro atoms. The van der Waals surface area contributed by atoms with Crippen LogP contribution in [0.2, 0.25) is 0 Å². The van der Waals surface area contributed by atoms with E-state index in [0.29, 0.717) is 23.2 Å². The number of nitrogens with zero attached hydrogens (tertiary/aromatic N) is 4. The molecule has 0 atom stereocenters. The SMILES string of the molecule is CC(C)Nc1nc(Nc2cccc(F)c2)nc(-c2ccon2)n1. The summed E-state index contributed by atoms with van der Waals surface area (Å²) < 4.78 is 18.1. The Hall–Kier alpha value is -3.03. The average Bonchev–Trinajstić information content (AvgIpc) is 3.00. The smallest absolute Gasteiger partial charge is 0.232 e. The zero-order valence-electron chi connectivity index (χ0n) is 12.6. The molecule has 0 saturated heterocycles. The topological polar surface area (TPSA) is 88.8 Å². The normalized spacial score (nSPS) is 10.8. The van der Waals surface area contributed by atoms with E-state index in [-0.39, 0.29) is 17.8 Å². The van der Waals surface area contributed by atoms with Crippen LogP contribution in [-0.4, -0.2) is 26.2 Å². The van der Waals surface area contributed by atoms with Crippen LogP contribution in [0, 0.1) is 5.82 Å². The molecule has 0 aliphatic rings. The van der Waals surface area contributed by atoms with Gasteiger partial charge in [0.15, 0.2) is 11.5 Å². The lowest BCUT2D eigenvalue weighted by atomic mass is 10.3. The molecule has 7 nitrogen and oxygen atoms in total. The van der Waals surface area contributed by atoms with E-state index >= 15 is 0 Å². The third kappa shape index (κ3) is 3.79. The van der Waals surface area contributed by atoms with Crippen molar-refractivity contribution >= 4 is 17.6 Å². The van der Waals surface area contributed by atoms with Crippen molar-refractivity contribution < 1.29 is 8.91 Å². The predicted octanol–water partition coefficient (Wildman–Crippen LogP) is 3.23. The lowest BCUT2D eigenvalue weighted by Crippen LogP contribution is -2.14. The van der Waals surface area contributed by atoms with E-state index < -0.39 is 0 Å². The van der Waals surface area contributed by atoms with Gasteiger partial charge in [-0.25, -0.2) is 4.39 Å². The van der Waals surface area contributed by atoms with E-state index in [1.807, 2.05) is 13.8 Å². The maximum atomic E-state index is 13.3. The summed E-state index contributed by atoms with van der Waals surface area (Å²) in [4.78, 5) is 12.9. The minimum Gasteiger partial charge on any atom is -0.364 e. The molecule has 3 rings (SSSR count). The Balaban J connectivity index is 1.96. The van der Waals surface area contributed by atoms with Crippen LogP contribution in [0.3, 0.4) is 0 Å². The Kier molecular flexibility index (Phi) is 4.13. The van der Waals surface area contributed by atoms with Crippen molar-refractivity contribution in [2.24, 2.45) is 0 Å². The van der Waals surface area contributed by atoms with Crippen LogP contribution in [0.15, 0.2) is 41.1 Å². The first kappa shape index (κ1) is 14.9. The van der Waals surface area contributed by atoms with E-state index in [0.717, 1.165) is 0 Å². The van der Waals surface area contributed by atoms with Crippen LogP contribution in [0.4, 0.5) is 22.0 Å². The standard InChI is InChI=1S/C15H15FN6O/c1-9(2)17-14-19-13(12-6-7-23-22-12)20-15(21-14)18-11-5-3-4-10(16)8-11/h3-9H,1-2H3,(H2,17,18,19,20,21). The Labute approximate surface area is 132 Å². The molecule has 2 heterocycles. The van der Waals surface area contributed by atoms with Gasteiger partial charge in [-0.15, -0.1) is 0 Å². The Morgan fingerprint density at radius 2 is 1.91 bits per heavy atom. The second-order valence-electron chi connectivity index (χ2n) is 5.13. The van der Waals surface area contributed by atoms with Gasteiger partial charge in [0.2, 0.25) is 11.9 Å². The summed E-state index contributed by atoms with van der Waals surface area (Å²) in [5, 5.41) is 9.90. The third-order valence-corrected chi connectivity index (χ3v) is 2.80. The molecule has 8 heteroatoms. The summed E-state index contributed by atoms with van der Waals surface area (Å²) in [5.41, 5.74) is 1.03. The van der Waals surface area contributed by atoms with Crippen LogP contribution >= 0.6 is 0 Å². The summed E-state index contributed by atoms with van der Waals surface area (Å²) in [6.45, 7) is 3.94. The lowest BCUT2D eigenvalue weighted by molar-refractivity contribution is 0.422. The zero-order valence-corrected chi connectivity index (χ0v) is 12.6. The van der Waals surface area contributed by atoms with Gasteiger partial charge in [-0.3, -0.25) is 0 Å². The van der Waals surface area contributed by atoms with E-state index in [1.165, 1.54) is 18.4 Å². The maximum absolute atomic E-state index is 13.3. The number of benzene rings is 1. The number of rotatable bonds is 5. The van der Waals surface area contributed by atoms with Gasteiger partial charge in [0, 0.05) is 17.8 Å². The molecule has 0 saturated carbocycles. The molecule has 0 unspecified atom stereocenters. The van der Waals surface area contributed by atoms with Crippen LogP contribution in [0.5, 0.6) is 0 Å².